The highest BCUT2D eigenvalue weighted by Crippen LogP contribution is 2.31. The fourth-order valence-corrected chi connectivity index (χ4v) is 7.10. The van der Waals surface area contributed by atoms with Crippen molar-refractivity contribution in [3.8, 4) is 5.75 Å². The molecule has 0 saturated heterocycles. The Kier molecular flexibility index (Phi) is 9.78. The highest BCUT2D eigenvalue weighted by molar-refractivity contribution is 7.86. The van der Waals surface area contributed by atoms with E-state index in [9.17, 15) is 50.5 Å². The Morgan fingerprint density at radius 3 is 1.93 bits per heavy atom. The zero-order chi connectivity index (χ0) is 39.2. The van der Waals surface area contributed by atoms with Crippen LogP contribution in [0, 0.1) is 13.8 Å². The number of carbonyl (C=O) groups excluding carboxylic acids is 3. The molecule has 0 fully saturated rings. The van der Waals surface area contributed by atoms with E-state index >= 15 is 0 Å². The van der Waals surface area contributed by atoms with Gasteiger partial charge in [-0.3, -0.25) is 18.7 Å². The maximum absolute atomic E-state index is 13.4. The van der Waals surface area contributed by atoms with Crippen LogP contribution < -0.4 is 21.3 Å². The molecule has 1 aliphatic carbocycles. The molecule has 0 aromatic heterocycles. The van der Waals surface area contributed by atoms with Crippen LogP contribution in [-0.2, 0) is 26.7 Å². The standard InChI is InChI=1S/C37H32N4O11S2/c1-20-3-7-26(17-30(20)34(43)40-32-15-25-13-28(42)9-5-22(25)16-33(32)54(50,51)52)38-36(45)39-27-8-4-21(2)31(18-27)35(44)41-37(46)12-11-23-14-29(53(47,48)49)10-6-24(23)19-37/h3-18,42,46H,19H2,1-2H3,(H,40,43)(H,41,44)(H2,38,39,45)(H,47,48,49)(H,50,51,52). The normalized spacial score (nSPS) is 15.3. The first-order chi connectivity index (χ1) is 25.3. The number of fused-ring (bicyclic) bond motifs is 2. The van der Waals surface area contributed by atoms with Crippen LogP contribution in [0.2, 0.25) is 0 Å². The number of aliphatic hydroxyl groups is 1. The van der Waals surface area contributed by atoms with Gasteiger partial charge in [-0.15, -0.1) is 0 Å². The summed E-state index contributed by atoms with van der Waals surface area (Å²) < 4.78 is 66.5. The number of hydrogen-bond donors (Lipinski definition) is 8. The lowest BCUT2D eigenvalue weighted by Gasteiger charge is -2.30. The molecular weight excluding hydrogens is 741 g/mol. The van der Waals surface area contributed by atoms with Crippen molar-refractivity contribution in [2.75, 3.05) is 16.0 Å². The van der Waals surface area contributed by atoms with Crippen molar-refractivity contribution in [1.82, 2.24) is 5.32 Å². The van der Waals surface area contributed by atoms with E-state index in [0.29, 0.717) is 33.0 Å². The molecule has 0 heterocycles. The Bertz CT molecular complexity index is 2660. The number of aryl methyl sites for hydroxylation is 2. The van der Waals surface area contributed by atoms with Crippen LogP contribution in [0.1, 0.15) is 43.0 Å². The number of anilines is 3. The Morgan fingerprint density at radius 1 is 0.685 bits per heavy atom. The van der Waals surface area contributed by atoms with E-state index in [4.69, 9.17) is 0 Å². The van der Waals surface area contributed by atoms with Crippen LogP contribution in [0.25, 0.3) is 16.8 Å². The Hall–Kier alpha value is -6.11. The van der Waals surface area contributed by atoms with Crippen molar-refractivity contribution in [3.63, 3.8) is 0 Å². The van der Waals surface area contributed by atoms with Crippen molar-refractivity contribution >= 4 is 72.0 Å². The second kappa shape index (κ2) is 14.0. The minimum Gasteiger partial charge on any atom is -0.508 e. The van der Waals surface area contributed by atoms with Crippen LogP contribution in [0.5, 0.6) is 5.75 Å². The number of carbonyl (C=O) groups is 3. The molecule has 15 nitrogen and oxygen atoms in total. The SMILES string of the molecule is Cc1ccc(NC(=O)Nc2ccc(C)c(C(=O)NC3(O)C=Cc4cc(S(=O)(=O)O)ccc4C3)c2)cc1C(=O)Nc1cc2cc(O)ccc2cc1S(=O)(=O)O. The van der Waals surface area contributed by atoms with Gasteiger partial charge in [-0.05, 0) is 114 Å². The van der Waals surface area contributed by atoms with Gasteiger partial charge in [0.1, 0.15) is 10.6 Å². The maximum atomic E-state index is 13.4. The molecule has 54 heavy (non-hydrogen) atoms. The van der Waals surface area contributed by atoms with Gasteiger partial charge in [0.05, 0.1) is 10.6 Å². The Morgan fingerprint density at radius 2 is 1.31 bits per heavy atom. The molecule has 278 valence electrons. The lowest BCUT2D eigenvalue weighted by molar-refractivity contribution is 0.0445. The fraction of sp³-hybridized carbons (Fsp3) is 0.108. The van der Waals surface area contributed by atoms with Gasteiger partial charge in [0, 0.05) is 28.9 Å². The van der Waals surface area contributed by atoms with Gasteiger partial charge in [-0.25, -0.2) is 4.79 Å². The molecule has 6 rings (SSSR count). The average molecular weight is 773 g/mol. The first-order valence-electron chi connectivity index (χ1n) is 16.0. The van der Waals surface area contributed by atoms with Crippen LogP contribution >= 0.6 is 0 Å². The fourth-order valence-electron chi connectivity index (χ4n) is 5.92. The second-order valence-corrected chi connectivity index (χ2v) is 15.5. The predicted octanol–water partition coefficient (Wildman–Crippen LogP) is 5.24. The summed E-state index contributed by atoms with van der Waals surface area (Å²) in [5, 5.41) is 32.1. The van der Waals surface area contributed by atoms with Crippen LogP contribution in [0.3, 0.4) is 0 Å². The number of rotatable bonds is 8. The van der Waals surface area contributed by atoms with E-state index in [2.05, 4.69) is 21.3 Å². The first-order valence-corrected chi connectivity index (χ1v) is 18.9. The summed E-state index contributed by atoms with van der Waals surface area (Å²) >= 11 is 0. The summed E-state index contributed by atoms with van der Waals surface area (Å²) in [6.45, 7) is 3.28. The van der Waals surface area contributed by atoms with E-state index in [1.54, 1.807) is 32.0 Å². The van der Waals surface area contributed by atoms with E-state index in [1.807, 2.05) is 0 Å². The zero-order valence-corrected chi connectivity index (χ0v) is 30.0. The number of amides is 4. The molecule has 8 N–H and O–H groups in total. The summed E-state index contributed by atoms with van der Waals surface area (Å²) in [7, 11) is -9.20. The Balaban J connectivity index is 1.15. The summed E-state index contributed by atoms with van der Waals surface area (Å²) in [6, 6.07) is 18.7. The minimum absolute atomic E-state index is 0.0653. The van der Waals surface area contributed by atoms with Crippen LogP contribution in [0.4, 0.5) is 21.9 Å². The van der Waals surface area contributed by atoms with Crippen molar-refractivity contribution in [1.29, 1.82) is 0 Å². The summed E-state index contributed by atoms with van der Waals surface area (Å²) in [4.78, 5) is 38.9. The molecule has 1 aliphatic rings. The first kappa shape index (κ1) is 37.6. The average Bonchev–Trinajstić information content (AvgIpc) is 3.08. The minimum atomic E-state index is -4.77. The predicted molar refractivity (Wildman–Crippen MR) is 200 cm³/mol. The van der Waals surface area contributed by atoms with Crippen LogP contribution in [0.15, 0.2) is 101 Å². The summed E-state index contributed by atoms with van der Waals surface area (Å²) in [5.74, 6) is -1.52. The number of nitrogens with one attached hydrogen (secondary N) is 4. The van der Waals surface area contributed by atoms with Gasteiger partial charge in [0.2, 0.25) is 0 Å². The molecule has 0 saturated carbocycles. The van der Waals surface area contributed by atoms with Crippen molar-refractivity contribution in [2.24, 2.45) is 0 Å². The van der Waals surface area contributed by atoms with Gasteiger partial charge < -0.3 is 31.5 Å². The largest absolute Gasteiger partial charge is 0.508 e. The highest BCUT2D eigenvalue weighted by atomic mass is 32.2. The molecular formula is C37H32N4O11S2. The topological polar surface area (TPSA) is 249 Å². The van der Waals surface area contributed by atoms with Gasteiger partial charge in [-0.2, -0.15) is 16.8 Å². The zero-order valence-electron chi connectivity index (χ0n) is 28.4. The van der Waals surface area contributed by atoms with Crippen LogP contribution in [-0.4, -0.2) is 59.7 Å². The van der Waals surface area contributed by atoms with E-state index < -0.39 is 48.7 Å². The number of hydrogen-bond acceptors (Lipinski definition) is 9. The van der Waals surface area contributed by atoms with E-state index in [0.717, 1.165) is 6.07 Å². The third-order valence-corrected chi connectivity index (χ3v) is 10.4. The molecule has 5 aromatic carbocycles. The molecule has 0 aliphatic heterocycles. The van der Waals surface area contributed by atoms with Crippen molar-refractivity contribution in [2.45, 2.75) is 35.8 Å². The lowest BCUT2D eigenvalue weighted by atomic mass is 9.91. The quantitative estimate of drug-likeness (QED) is 0.0748. The van der Waals surface area contributed by atoms with Gasteiger partial charge in [0.15, 0.2) is 5.72 Å². The van der Waals surface area contributed by atoms with Crippen molar-refractivity contribution in [3.05, 3.63) is 124 Å². The third-order valence-electron chi connectivity index (χ3n) is 8.67. The number of benzene rings is 5. The molecule has 0 radical (unpaired) electrons. The number of phenols is 1. The molecule has 5 aromatic rings. The molecule has 1 unspecified atom stereocenters. The van der Waals surface area contributed by atoms with E-state index in [-0.39, 0.29) is 45.3 Å². The summed E-state index contributed by atoms with van der Waals surface area (Å²) in [5.41, 5.74) is 0.473. The second-order valence-electron chi connectivity index (χ2n) is 12.7. The smallest absolute Gasteiger partial charge is 0.323 e. The maximum Gasteiger partial charge on any atom is 0.323 e. The Labute approximate surface area is 308 Å². The van der Waals surface area contributed by atoms with Gasteiger partial charge in [-0.1, -0.05) is 30.3 Å². The van der Waals surface area contributed by atoms with E-state index in [1.165, 1.54) is 72.8 Å². The number of urea groups is 1. The van der Waals surface area contributed by atoms with Gasteiger partial charge in [0.25, 0.3) is 32.1 Å². The number of aromatic hydroxyl groups is 1. The molecule has 17 heteroatoms. The molecule has 1 atom stereocenters. The molecule has 0 bridgehead atoms. The highest BCUT2D eigenvalue weighted by Gasteiger charge is 2.31. The van der Waals surface area contributed by atoms with Crippen molar-refractivity contribution < 1.29 is 50.5 Å². The monoisotopic (exact) mass is 772 g/mol. The third kappa shape index (κ3) is 8.25. The number of phenolic OH excluding ortho intramolecular Hbond substituents is 1. The lowest BCUT2D eigenvalue weighted by Crippen LogP contribution is -2.49. The van der Waals surface area contributed by atoms with Gasteiger partial charge >= 0.3 is 6.03 Å². The molecule has 4 amide bonds. The summed E-state index contributed by atoms with van der Waals surface area (Å²) in [6.07, 6.45) is 2.62. The molecule has 0 spiro atoms.